The topological polar surface area (TPSA) is 30.7 Å². The van der Waals surface area contributed by atoms with Crippen LogP contribution < -0.4 is 0 Å². The molecule has 0 bridgehead atoms. The number of hydrogen-bond acceptors (Lipinski definition) is 3. The number of aromatic nitrogens is 3. The van der Waals surface area contributed by atoms with E-state index in [1.54, 1.807) is 11.3 Å². The molecule has 6 heteroatoms. The van der Waals surface area contributed by atoms with E-state index < -0.39 is 0 Å². The number of hydrogen-bond donors (Lipinski definition) is 0. The van der Waals surface area contributed by atoms with Gasteiger partial charge in [0.05, 0.1) is 23.5 Å². The van der Waals surface area contributed by atoms with Crippen LogP contribution >= 0.6 is 38.9 Å². The fraction of sp³-hybridized carbons (Fsp3) is 0.167. The van der Waals surface area contributed by atoms with Gasteiger partial charge in [-0.15, -0.1) is 22.9 Å². The zero-order chi connectivity index (χ0) is 12.5. The van der Waals surface area contributed by atoms with Gasteiger partial charge in [-0.1, -0.05) is 15.9 Å². The van der Waals surface area contributed by atoms with E-state index in [1.807, 2.05) is 23.7 Å². The Kier molecular flexibility index (Phi) is 3.37. The first kappa shape index (κ1) is 12.1. The van der Waals surface area contributed by atoms with E-state index in [4.69, 9.17) is 11.6 Å². The van der Waals surface area contributed by atoms with Gasteiger partial charge in [0.2, 0.25) is 0 Å². The van der Waals surface area contributed by atoms with E-state index >= 15 is 0 Å². The summed E-state index contributed by atoms with van der Waals surface area (Å²) in [4.78, 5) is 8.86. The zero-order valence-electron chi connectivity index (χ0n) is 9.31. The molecule has 2 aromatic heterocycles. The first-order chi connectivity index (χ1) is 8.78. The lowest BCUT2D eigenvalue weighted by Crippen LogP contribution is -2.03. The highest BCUT2D eigenvalue weighted by Crippen LogP contribution is 2.23. The molecule has 92 valence electrons. The van der Waals surface area contributed by atoms with Crippen LogP contribution in [-0.4, -0.2) is 14.5 Å². The highest BCUT2D eigenvalue weighted by molar-refractivity contribution is 9.10. The second-order valence-corrected chi connectivity index (χ2v) is 5.97. The molecule has 3 aromatic rings. The second kappa shape index (κ2) is 4.99. The number of rotatable bonds is 3. The summed E-state index contributed by atoms with van der Waals surface area (Å²) < 4.78 is 3.14. The average Bonchev–Trinajstić information content (AvgIpc) is 2.97. The van der Waals surface area contributed by atoms with E-state index in [2.05, 4.69) is 36.5 Å². The molecule has 0 aliphatic heterocycles. The Morgan fingerprint density at radius 2 is 2.28 bits per heavy atom. The van der Waals surface area contributed by atoms with Gasteiger partial charge < -0.3 is 4.57 Å². The van der Waals surface area contributed by atoms with Crippen LogP contribution in [0.2, 0.25) is 0 Å². The van der Waals surface area contributed by atoms with Crippen LogP contribution in [-0.2, 0) is 12.4 Å². The molecule has 2 heterocycles. The van der Waals surface area contributed by atoms with Crippen molar-refractivity contribution in [3.05, 3.63) is 45.1 Å². The first-order valence-electron chi connectivity index (χ1n) is 5.37. The van der Waals surface area contributed by atoms with Gasteiger partial charge in [-0.2, -0.15) is 0 Å². The molecule has 0 spiro atoms. The monoisotopic (exact) mass is 341 g/mol. The Morgan fingerprint density at radius 3 is 3.00 bits per heavy atom. The quantitative estimate of drug-likeness (QED) is 0.673. The molecule has 0 N–H and O–H groups in total. The molecule has 0 radical (unpaired) electrons. The Hall–Kier alpha value is -0.910. The van der Waals surface area contributed by atoms with Crippen molar-refractivity contribution >= 4 is 49.9 Å². The summed E-state index contributed by atoms with van der Waals surface area (Å²) >= 11 is 11.1. The molecular formula is C12H9BrClN3S. The molecular weight excluding hydrogens is 334 g/mol. The number of fused-ring (bicyclic) bond motifs is 1. The van der Waals surface area contributed by atoms with Crippen LogP contribution in [0.5, 0.6) is 0 Å². The summed E-state index contributed by atoms with van der Waals surface area (Å²) in [6.07, 6.45) is 1.82. The maximum absolute atomic E-state index is 5.97. The molecule has 0 unspecified atom stereocenters. The lowest BCUT2D eigenvalue weighted by molar-refractivity contribution is 0.773. The van der Waals surface area contributed by atoms with E-state index in [0.29, 0.717) is 5.88 Å². The van der Waals surface area contributed by atoms with E-state index in [1.165, 1.54) is 0 Å². The number of nitrogens with zero attached hydrogens (tertiary/aromatic N) is 3. The number of halogens is 2. The molecule has 0 amide bonds. The highest BCUT2D eigenvalue weighted by Gasteiger charge is 2.11. The van der Waals surface area contributed by atoms with Gasteiger partial charge >= 0.3 is 0 Å². The smallest absolute Gasteiger partial charge is 0.125 e. The second-order valence-electron chi connectivity index (χ2n) is 3.81. The Labute approximate surface area is 122 Å². The van der Waals surface area contributed by atoms with Gasteiger partial charge in [-0.25, -0.2) is 9.97 Å². The third-order valence-electron chi connectivity index (χ3n) is 2.69. The molecule has 0 fully saturated rings. The van der Waals surface area contributed by atoms with Crippen LogP contribution in [0.25, 0.3) is 11.0 Å². The van der Waals surface area contributed by atoms with Crippen LogP contribution in [0.1, 0.15) is 10.8 Å². The van der Waals surface area contributed by atoms with Crippen molar-refractivity contribution < 1.29 is 0 Å². The van der Waals surface area contributed by atoms with Gasteiger partial charge in [-0.05, 0) is 18.2 Å². The van der Waals surface area contributed by atoms with Crippen molar-refractivity contribution in [1.82, 2.24) is 14.5 Å². The maximum atomic E-state index is 5.97. The third-order valence-corrected chi connectivity index (χ3v) is 4.18. The molecule has 0 saturated carbocycles. The molecule has 18 heavy (non-hydrogen) atoms. The molecule has 0 atom stereocenters. The lowest BCUT2D eigenvalue weighted by Gasteiger charge is -2.05. The highest BCUT2D eigenvalue weighted by atomic mass is 79.9. The van der Waals surface area contributed by atoms with E-state index in [-0.39, 0.29) is 0 Å². The van der Waals surface area contributed by atoms with Gasteiger partial charge in [0.25, 0.3) is 0 Å². The lowest BCUT2D eigenvalue weighted by atomic mass is 10.3. The normalized spacial score (nSPS) is 11.2. The van der Waals surface area contributed by atoms with Crippen LogP contribution in [0.3, 0.4) is 0 Å². The van der Waals surface area contributed by atoms with Gasteiger partial charge in [0, 0.05) is 16.0 Å². The summed E-state index contributed by atoms with van der Waals surface area (Å²) in [5.41, 5.74) is 2.04. The first-order valence-corrected chi connectivity index (χ1v) is 7.57. The maximum Gasteiger partial charge on any atom is 0.125 e. The minimum absolute atomic E-state index is 0.400. The molecule has 3 rings (SSSR count). The SMILES string of the molecule is ClCc1nc2cc(Br)ccc2n1Cc1nccs1. The Balaban J connectivity index is 2.13. The fourth-order valence-electron chi connectivity index (χ4n) is 1.90. The van der Waals surface area contributed by atoms with Crippen molar-refractivity contribution in [3.63, 3.8) is 0 Å². The van der Waals surface area contributed by atoms with Crippen molar-refractivity contribution in [2.45, 2.75) is 12.4 Å². The van der Waals surface area contributed by atoms with Crippen LogP contribution in [0, 0.1) is 0 Å². The van der Waals surface area contributed by atoms with Crippen molar-refractivity contribution in [1.29, 1.82) is 0 Å². The third kappa shape index (κ3) is 2.18. The number of alkyl halides is 1. The number of thiazole rings is 1. The molecule has 0 aliphatic rings. The summed E-state index contributed by atoms with van der Waals surface area (Å²) in [5, 5.41) is 3.04. The minimum atomic E-state index is 0.400. The summed E-state index contributed by atoms with van der Waals surface area (Å²) in [7, 11) is 0. The predicted molar refractivity (Wildman–Crippen MR) is 78.2 cm³/mol. The average molecular weight is 343 g/mol. The molecule has 1 aromatic carbocycles. The van der Waals surface area contributed by atoms with Gasteiger partial charge in [0.15, 0.2) is 0 Å². The standard InChI is InChI=1S/C12H9BrClN3S/c13-8-1-2-10-9(5-8)16-11(6-14)17(10)7-12-15-3-4-18-12/h1-5H,6-7H2. The zero-order valence-corrected chi connectivity index (χ0v) is 12.5. The number of benzene rings is 1. The van der Waals surface area contributed by atoms with E-state index in [9.17, 15) is 0 Å². The minimum Gasteiger partial charge on any atom is -0.320 e. The van der Waals surface area contributed by atoms with Gasteiger partial charge in [-0.3, -0.25) is 0 Å². The largest absolute Gasteiger partial charge is 0.320 e. The summed E-state index contributed by atoms with van der Waals surface area (Å²) in [6.45, 7) is 0.720. The van der Waals surface area contributed by atoms with E-state index in [0.717, 1.165) is 32.9 Å². The summed E-state index contributed by atoms with van der Waals surface area (Å²) in [6, 6.07) is 6.07. The van der Waals surface area contributed by atoms with Crippen LogP contribution in [0.4, 0.5) is 0 Å². The Morgan fingerprint density at radius 1 is 1.39 bits per heavy atom. The molecule has 3 nitrogen and oxygen atoms in total. The predicted octanol–water partition coefficient (Wildman–Crippen LogP) is 4.04. The van der Waals surface area contributed by atoms with Crippen molar-refractivity contribution in [2.75, 3.05) is 0 Å². The summed E-state index contributed by atoms with van der Waals surface area (Å²) in [5.74, 6) is 1.28. The van der Waals surface area contributed by atoms with Crippen molar-refractivity contribution in [2.24, 2.45) is 0 Å². The fourth-order valence-corrected chi connectivity index (χ4v) is 3.05. The Bertz CT molecular complexity index is 678. The van der Waals surface area contributed by atoms with Crippen molar-refractivity contribution in [3.8, 4) is 0 Å². The number of imidazole rings is 1. The molecule has 0 aliphatic carbocycles. The van der Waals surface area contributed by atoms with Gasteiger partial charge in [0.1, 0.15) is 10.8 Å². The van der Waals surface area contributed by atoms with Crippen LogP contribution in [0.15, 0.2) is 34.2 Å². The molecule has 0 saturated heterocycles.